The standard InChI is InChI=1S/C20H20N4O2S2/c1-14(15-8-4-2-5-9-15)21-17(25)12-27-13-18-23-24-20(28-18)19(26)22-16-10-6-3-7-11-16/h2-11,14H,12-13H2,1H3,(H,21,25)(H,22,26)/t14-/m1/s1. The van der Waals surface area contributed by atoms with Crippen molar-refractivity contribution in [1.82, 2.24) is 15.5 Å². The van der Waals surface area contributed by atoms with Gasteiger partial charge in [0.05, 0.1) is 11.8 Å². The summed E-state index contributed by atoms with van der Waals surface area (Å²) in [4.78, 5) is 24.3. The molecule has 1 heterocycles. The fraction of sp³-hybridized carbons (Fsp3) is 0.200. The highest BCUT2D eigenvalue weighted by atomic mass is 32.2. The number of hydrogen-bond acceptors (Lipinski definition) is 6. The van der Waals surface area contributed by atoms with Gasteiger partial charge in [0.2, 0.25) is 10.9 Å². The van der Waals surface area contributed by atoms with Crippen LogP contribution in [0, 0.1) is 0 Å². The van der Waals surface area contributed by atoms with E-state index >= 15 is 0 Å². The average molecular weight is 413 g/mol. The van der Waals surface area contributed by atoms with E-state index < -0.39 is 0 Å². The molecule has 0 saturated carbocycles. The van der Waals surface area contributed by atoms with Gasteiger partial charge in [-0.3, -0.25) is 9.59 Å². The number of rotatable bonds is 8. The van der Waals surface area contributed by atoms with Gasteiger partial charge < -0.3 is 10.6 Å². The smallest absolute Gasteiger partial charge is 0.286 e. The number of carbonyl (C=O) groups excluding carboxylic acids is 2. The molecule has 2 aromatic carbocycles. The van der Waals surface area contributed by atoms with E-state index in [9.17, 15) is 9.59 Å². The zero-order chi connectivity index (χ0) is 19.8. The van der Waals surface area contributed by atoms with Gasteiger partial charge in [-0.25, -0.2) is 0 Å². The molecule has 0 aliphatic heterocycles. The number of carbonyl (C=O) groups is 2. The van der Waals surface area contributed by atoms with Crippen LogP contribution in [0.2, 0.25) is 0 Å². The van der Waals surface area contributed by atoms with E-state index in [1.165, 1.54) is 23.1 Å². The second-order valence-corrected chi connectivity index (χ2v) is 8.06. The number of nitrogens with zero attached hydrogens (tertiary/aromatic N) is 2. The molecule has 3 aromatic rings. The van der Waals surface area contributed by atoms with E-state index in [-0.39, 0.29) is 17.9 Å². The molecular formula is C20H20N4O2S2. The van der Waals surface area contributed by atoms with Crippen LogP contribution in [-0.4, -0.2) is 27.8 Å². The Labute approximate surface area is 171 Å². The minimum Gasteiger partial charge on any atom is -0.349 e. The van der Waals surface area contributed by atoms with E-state index in [4.69, 9.17) is 0 Å². The Kier molecular flexibility index (Phi) is 7.16. The molecule has 6 nitrogen and oxygen atoms in total. The number of amides is 2. The van der Waals surface area contributed by atoms with Crippen molar-refractivity contribution < 1.29 is 9.59 Å². The van der Waals surface area contributed by atoms with Gasteiger partial charge in [-0.1, -0.05) is 59.9 Å². The second-order valence-electron chi connectivity index (χ2n) is 6.01. The Morgan fingerprint density at radius 3 is 2.43 bits per heavy atom. The van der Waals surface area contributed by atoms with Crippen molar-refractivity contribution in [2.75, 3.05) is 11.1 Å². The molecule has 0 bridgehead atoms. The van der Waals surface area contributed by atoms with Crippen molar-refractivity contribution in [2.45, 2.75) is 18.7 Å². The lowest BCUT2D eigenvalue weighted by molar-refractivity contribution is -0.119. The number of hydrogen-bond donors (Lipinski definition) is 2. The highest BCUT2D eigenvalue weighted by Gasteiger charge is 2.14. The van der Waals surface area contributed by atoms with E-state index in [0.29, 0.717) is 27.2 Å². The van der Waals surface area contributed by atoms with E-state index in [1.807, 2.05) is 67.6 Å². The van der Waals surface area contributed by atoms with Crippen molar-refractivity contribution in [2.24, 2.45) is 0 Å². The molecule has 1 atom stereocenters. The molecule has 0 aliphatic carbocycles. The zero-order valence-electron chi connectivity index (χ0n) is 15.3. The molecule has 0 fully saturated rings. The van der Waals surface area contributed by atoms with Crippen LogP contribution >= 0.6 is 23.1 Å². The highest BCUT2D eigenvalue weighted by Crippen LogP contribution is 2.18. The van der Waals surface area contributed by atoms with Crippen molar-refractivity contribution >= 4 is 40.6 Å². The first-order valence-corrected chi connectivity index (χ1v) is 10.7. The van der Waals surface area contributed by atoms with E-state index in [2.05, 4.69) is 20.8 Å². The lowest BCUT2D eigenvalue weighted by atomic mass is 10.1. The third kappa shape index (κ3) is 5.90. The van der Waals surface area contributed by atoms with Crippen LogP contribution in [0.5, 0.6) is 0 Å². The average Bonchev–Trinajstić information content (AvgIpc) is 3.18. The minimum absolute atomic E-state index is 0.0343. The largest absolute Gasteiger partial charge is 0.349 e. The Hall–Kier alpha value is -2.71. The van der Waals surface area contributed by atoms with Gasteiger partial charge in [-0.15, -0.1) is 22.0 Å². The maximum absolute atomic E-state index is 12.2. The van der Waals surface area contributed by atoms with E-state index in [1.54, 1.807) is 0 Å². The molecule has 28 heavy (non-hydrogen) atoms. The zero-order valence-corrected chi connectivity index (χ0v) is 16.9. The van der Waals surface area contributed by atoms with Gasteiger partial charge in [-0.2, -0.15) is 0 Å². The summed E-state index contributed by atoms with van der Waals surface area (Å²) >= 11 is 2.68. The molecule has 3 rings (SSSR count). The van der Waals surface area contributed by atoms with Gasteiger partial charge in [0.25, 0.3) is 5.91 Å². The first kappa shape index (κ1) is 20.0. The number of para-hydroxylation sites is 1. The number of aromatic nitrogens is 2. The molecule has 0 saturated heterocycles. The van der Waals surface area contributed by atoms with Gasteiger partial charge in [0.15, 0.2) is 0 Å². The summed E-state index contributed by atoms with van der Waals surface area (Å²) in [6.07, 6.45) is 0. The van der Waals surface area contributed by atoms with Crippen LogP contribution in [0.15, 0.2) is 60.7 Å². The maximum atomic E-state index is 12.2. The fourth-order valence-corrected chi connectivity index (χ4v) is 4.07. The van der Waals surface area contributed by atoms with Crippen LogP contribution < -0.4 is 10.6 Å². The number of nitrogens with one attached hydrogen (secondary N) is 2. The van der Waals surface area contributed by atoms with Crippen molar-refractivity contribution in [3.8, 4) is 0 Å². The highest BCUT2D eigenvalue weighted by molar-refractivity contribution is 7.99. The molecule has 2 amide bonds. The summed E-state index contributed by atoms with van der Waals surface area (Å²) in [7, 11) is 0. The Morgan fingerprint density at radius 2 is 1.71 bits per heavy atom. The van der Waals surface area contributed by atoms with Gasteiger partial charge in [0, 0.05) is 11.4 Å². The fourth-order valence-electron chi connectivity index (χ4n) is 2.45. The topological polar surface area (TPSA) is 84.0 Å². The lowest BCUT2D eigenvalue weighted by Crippen LogP contribution is -2.28. The molecule has 0 radical (unpaired) electrons. The Bertz CT molecular complexity index is 916. The number of thioether (sulfide) groups is 1. The molecule has 8 heteroatoms. The number of anilines is 1. The molecule has 0 spiro atoms. The first-order valence-electron chi connectivity index (χ1n) is 8.72. The van der Waals surface area contributed by atoms with Crippen LogP contribution in [-0.2, 0) is 10.5 Å². The lowest BCUT2D eigenvalue weighted by Gasteiger charge is -2.13. The maximum Gasteiger partial charge on any atom is 0.286 e. The SMILES string of the molecule is C[C@@H](NC(=O)CSCc1nnc(C(=O)Nc2ccccc2)s1)c1ccccc1. The third-order valence-electron chi connectivity index (χ3n) is 3.83. The van der Waals surface area contributed by atoms with Crippen LogP contribution in [0.25, 0.3) is 0 Å². The van der Waals surface area contributed by atoms with Gasteiger partial charge in [-0.05, 0) is 24.6 Å². The molecule has 1 aromatic heterocycles. The quantitative estimate of drug-likeness (QED) is 0.586. The Morgan fingerprint density at radius 1 is 1.04 bits per heavy atom. The number of benzene rings is 2. The summed E-state index contributed by atoms with van der Waals surface area (Å²) in [6, 6.07) is 19.0. The predicted molar refractivity (Wildman–Crippen MR) is 113 cm³/mol. The summed E-state index contributed by atoms with van der Waals surface area (Å²) in [6.45, 7) is 1.96. The Balaban J connectivity index is 1.43. The second kappa shape index (κ2) is 10.0. The van der Waals surface area contributed by atoms with Crippen molar-refractivity contribution in [1.29, 1.82) is 0 Å². The van der Waals surface area contributed by atoms with Crippen LogP contribution in [0.3, 0.4) is 0 Å². The van der Waals surface area contributed by atoms with Crippen molar-refractivity contribution in [3.63, 3.8) is 0 Å². The molecular weight excluding hydrogens is 392 g/mol. The van der Waals surface area contributed by atoms with E-state index in [0.717, 1.165) is 5.56 Å². The summed E-state index contributed by atoms with van der Waals surface area (Å²) in [5, 5.41) is 14.8. The molecule has 144 valence electrons. The third-order valence-corrected chi connectivity index (χ3v) is 5.88. The first-order chi connectivity index (χ1) is 13.6. The predicted octanol–water partition coefficient (Wildman–Crippen LogP) is 3.90. The summed E-state index contributed by atoms with van der Waals surface area (Å²) in [5.74, 6) is 0.536. The van der Waals surface area contributed by atoms with Gasteiger partial charge in [0.1, 0.15) is 5.01 Å². The van der Waals surface area contributed by atoms with Gasteiger partial charge >= 0.3 is 0 Å². The minimum atomic E-state index is -0.283. The molecule has 0 unspecified atom stereocenters. The van der Waals surface area contributed by atoms with Crippen molar-refractivity contribution in [3.05, 3.63) is 76.2 Å². The summed E-state index contributed by atoms with van der Waals surface area (Å²) in [5.41, 5.74) is 1.78. The van der Waals surface area contributed by atoms with Crippen LogP contribution in [0.4, 0.5) is 5.69 Å². The molecule has 2 N–H and O–H groups in total. The normalized spacial score (nSPS) is 11.6. The monoisotopic (exact) mass is 412 g/mol. The van der Waals surface area contributed by atoms with Crippen LogP contribution in [0.1, 0.15) is 33.3 Å². The summed E-state index contributed by atoms with van der Waals surface area (Å²) < 4.78 is 0. The molecule has 0 aliphatic rings.